The van der Waals surface area contributed by atoms with Crippen molar-refractivity contribution in [3.05, 3.63) is 58.7 Å². The number of carboxylic acid groups (broad SMARTS) is 1. The minimum Gasteiger partial charge on any atom is -0.478 e. The number of carboxylic acids is 1. The highest BCUT2D eigenvalue weighted by atomic mass is 19.1. The van der Waals surface area contributed by atoms with E-state index in [1.807, 2.05) is 13.8 Å². The van der Waals surface area contributed by atoms with E-state index < -0.39 is 30.0 Å². The number of nitrogens with zero attached hydrogens (tertiary/aromatic N) is 1. The number of aromatic nitrogens is 1. The smallest absolute Gasteiger partial charge is 0.338 e. The van der Waals surface area contributed by atoms with Crippen LogP contribution in [0.1, 0.15) is 54.0 Å². The van der Waals surface area contributed by atoms with Gasteiger partial charge in [0, 0.05) is 23.2 Å². The molecule has 0 aliphatic carbocycles. The van der Waals surface area contributed by atoms with Crippen molar-refractivity contribution < 1.29 is 28.9 Å². The molecule has 1 aromatic heterocycles. The van der Waals surface area contributed by atoms with Gasteiger partial charge in [0.2, 0.25) is 0 Å². The Bertz CT molecular complexity index is 984. The van der Waals surface area contributed by atoms with Gasteiger partial charge in [0.15, 0.2) is 0 Å². The number of ether oxygens (including phenoxy) is 1. The molecule has 1 fully saturated rings. The van der Waals surface area contributed by atoms with Crippen molar-refractivity contribution in [3.63, 3.8) is 0 Å². The minimum atomic E-state index is -1.12. The molecule has 0 spiro atoms. The molecule has 1 aromatic carbocycles. The molecule has 3 rings (SSSR count). The van der Waals surface area contributed by atoms with Crippen LogP contribution in [0, 0.1) is 5.82 Å². The highest BCUT2D eigenvalue weighted by Crippen LogP contribution is 2.34. The maximum atomic E-state index is 13.5. The number of benzene rings is 1. The molecule has 0 amide bonds. The van der Waals surface area contributed by atoms with Crippen LogP contribution in [-0.2, 0) is 22.4 Å². The average Bonchev–Trinajstić information content (AvgIpc) is 2.70. The molecule has 30 heavy (non-hydrogen) atoms. The topological polar surface area (TPSA) is 96.7 Å². The molecule has 7 heteroatoms. The summed E-state index contributed by atoms with van der Waals surface area (Å²) in [6.45, 7) is 3.75. The number of aryl methyl sites for hydroxylation is 2. The van der Waals surface area contributed by atoms with Gasteiger partial charge in [0.05, 0.1) is 23.8 Å². The van der Waals surface area contributed by atoms with Crippen LogP contribution in [0.5, 0.6) is 0 Å². The fourth-order valence-corrected chi connectivity index (χ4v) is 3.68. The van der Waals surface area contributed by atoms with Gasteiger partial charge in [-0.15, -0.1) is 0 Å². The maximum Gasteiger partial charge on any atom is 0.338 e. The third-order valence-electron chi connectivity index (χ3n) is 5.07. The number of aromatic carboxylic acids is 1. The van der Waals surface area contributed by atoms with Crippen LogP contribution in [0.25, 0.3) is 17.2 Å². The lowest BCUT2D eigenvalue weighted by molar-refractivity contribution is -0.156. The lowest BCUT2D eigenvalue weighted by atomic mass is 9.90. The van der Waals surface area contributed by atoms with Crippen molar-refractivity contribution >= 4 is 18.0 Å². The predicted octanol–water partition coefficient (Wildman–Crippen LogP) is 3.79. The second-order valence-electron chi connectivity index (χ2n) is 7.17. The van der Waals surface area contributed by atoms with Gasteiger partial charge in [0.25, 0.3) is 0 Å². The van der Waals surface area contributed by atoms with Crippen LogP contribution in [0.4, 0.5) is 4.39 Å². The number of cyclic esters (lactones) is 1. The fourth-order valence-electron chi connectivity index (χ4n) is 3.68. The summed E-state index contributed by atoms with van der Waals surface area (Å²) >= 11 is 0. The van der Waals surface area contributed by atoms with Crippen molar-refractivity contribution in [3.8, 4) is 11.1 Å². The van der Waals surface area contributed by atoms with E-state index in [4.69, 9.17) is 4.74 Å². The van der Waals surface area contributed by atoms with Crippen molar-refractivity contribution in [2.45, 2.75) is 51.7 Å². The van der Waals surface area contributed by atoms with Gasteiger partial charge in [-0.05, 0) is 36.6 Å². The van der Waals surface area contributed by atoms with Crippen molar-refractivity contribution in [2.24, 2.45) is 0 Å². The lowest BCUT2D eigenvalue weighted by Crippen LogP contribution is -2.31. The number of hydrogen-bond donors (Lipinski definition) is 2. The van der Waals surface area contributed by atoms with Crippen molar-refractivity contribution in [2.75, 3.05) is 0 Å². The van der Waals surface area contributed by atoms with E-state index in [1.165, 1.54) is 24.3 Å². The second kappa shape index (κ2) is 9.17. The molecule has 1 aliphatic heterocycles. The third-order valence-corrected chi connectivity index (χ3v) is 5.07. The Morgan fingerprint density at radius 3 is 2.47 bits per heavy atom. The molecular formula is C23H24FNO5. The first-order valence-electron chi connectivity index (χ1n) is 9.94. The summed E-state index contributed by atoms with van der Waals surface area (Å²) < 4.78 is 18.8. The first-order chi connectivity index (χ1) is 14.3. The lowest BCUT2D eigenvalue weighted by Gasteiger charge is -2.24. The number of esters is 1. The Morgan fingerprint density at radius 2 is 1.90 bits per heavy atom. The van der Waals surface area contributed by atoms with Gasteiger partial charge < -0.3 is 14.9 Å². The van der Waals surface area contributed by atoms with Gasteiger partial charge in [-0.3, -0.25) is 9.78 Å². The molecule has 1 saturated heterocycles. The number of pyridine rings is 1. The van der Waals surface area contributed by atoms with Gasteiger partial charge in [-0.1, -0.05) is 32.1 Å². The zero-order valence-corrected chi connectivity index (χ0v) is 16.9. The number of hydrogen-bond acceptors (Lipinski definition) is 5. The van der Waals surface area contributed by atoms with E-state index in [2.05, 4.69) is 4.98 Å². The third kappa shape index (κ3) is 4.57. The maximum absolute atomic E-state index is 13.5. The van der Waals surface area contributed by atoms with Crippen molar-refractivity contribution in [1.82, 2.24) is 4.98 Å². The minimum absolute atomic E-state index is 0.0404. The van der Waals surface area contributed by atoms with E-state index in [0.717, 1.165) is 0 Å². The van der Waals surface area contributed by atoms with E-state index >= 15 is 0 Å². The van der Waals surface area contributed by atoms with Gasteiger partial charge in [0.1, 0.15) is 11.9 Å². The number of halogens is 1. The summed E-state index contributed by atoms with van der Waals surface area (Å²) in [4.78, 5) is 28.3. The molecule has 2 aromatic rings. The zero-order chi connectivity index (χ0) is 21.8. The molecule has 0 radical (unpaired) electrons. The standard InChI is InChI=1S/C23H24FNO5/c1-3-18-17(10-9-16-11-15(26)12-20(27)30-16)21(13-5-7-14(24)8-6-13)22(23(28)29)19(4-2)25-18/h5-10,15-16,26H,3-4,11-12H2,1-2H3,(H,28,29)/t15-,16-/m0/s1. The number of carbonyl (C=O) groups is 2. The summed E-state index contributed by atoms with van der Waals surface area (Å²) in [6.07, 6.45) is 3.13. The monoisotopic (exact) mass is 413 g/mol. The molecule has 0 saturated carbocycles. The molecule has 158 valence electrons. The summed E-state index contributed by atoms with van der Waals surface area (Å²) in [5.41, 5.74) is 2.80. The Labute approximate surface area is 174 Å². The summed E-state index contributed by atoms with van der Waals surface area (Å²) in [6, 6.07) is 5.65. The largest absolute Gasteiger partial charge is 0.478 e. The van der Waals surface area contributed by atoms with Crippen molar-refractivity contribution in [1.29, 1.82) is 0 Å². The number of rotatable bonds is 6. The first kappa shape index (κ1) is 21.6. The predicted molar refractivity (Wildman–Crippen MR) is 110 cm³/mol. The molecule has 0 unspecified atom stereocenters. The molecule has 6 nitrogen and oxygen atoms in total. The number of aliphatic hydroxyl groups is 1. The average molecular weight is 413 g/mol. The second-order valence-corrected chi connectivity index (χ2v) is 7.17. The normalized spacial score (nSPS) is 19.1. The molecule has 0 bridgehead atoms. The highest BCUT2D eigenvalue weighted by Gasteiger charge is 2.27. The van der Waals surface area contributed by atoms with Crippen LogP contribution in [0.15, 0.2) is 30.3 Å². The van der Waals surface area contributed by atoms with Crippen LogP contribution < -0.4 is 0 Å². The molecular weight excluding hydrogens is 389 g/mol. The number of aliphatic hydroxyl groups excluding tert-OH is 1. The van der Waals surface area contributed by atoms with E-state index in [0.29, 0.717) is 40.9 Å². The summed E-state index contributed by atoms with van der Waals surface area (Å²) in [7, 11) is 0. The number of carbonyl (C=O) groups excluding carboxylic acids is 1. The van der Waals surface area contributed by atoms with Crippen LogP contribution in [0.3, 0.4) is 0 Å². The molecule has 2 atom stereocenters. The van der Waals surface area contributed by atoms with Crippen LogP contribution in [0.2, 0.25) is 0 Å². The Hall–Kier alpha value is -3.06. The van der Waals surface area contributed by atoms with Gasteiger partial charge in [-0.25, -0.2) is 9.18 Å². The summed E-state index contributed by atoms with van der Waals surface area (Å²) in [5, 5.41) is 19.8. The summed E-state index contributed by atoms with van der Waals surface area (Å²) in [5.74, 6) is -2.02. The molecule has 1 aliphatic rings. The van der Waals surface area contributed by atoms with Gasteiger partial charge in [-0.2, -0.15) is 0 Å². The Kier molecular flexibility index (Phi) is 6.62. The fraction of sp³-hybridized carbons (Fsp3) is 0.348. The van der Waals surface area contributed by atoms with E-state index in [9.17, 15) is 24.2 Å². The van der Waals surface area contributed by atoms with E-state index in [-0.39, 0.29) is 18.4 Å². The van der Waals surface area contributed by atoms with E-state index in [1.54, 1.807) is 12.2 Å². The van der Waals surface area contributed by atoms with Crippen LogP contribution in [-0.4, -0.2) is 39.3 Å². The Morgan fingerprint density at radius 1 is 1.23 bits per heavy atom. The van der Waals surface area contributed by atoms with Gasteiger partial charge >= 0.3 is 11.9 Å². The van der Waals surface area contributed by atoms with Crippen LogP contribution >= 0.6 is 0 Å². The molecule has 2 N–H and O–H groups in total. The first-order valence-corrected chi connectivity index (χ1v) is 9.94. The SMILES string of the molecule is CCc1nc(CC)c(C(=O)O)c(-c2ccc(F)cc2)c1C=C[C@H]1C[C@H](O)CC(=O)O1. The molecule has 2 heterocycles. The highest BCUT2D eigenvalue weighted by molar-refractivity contribution is 6.00. The zero-order valence-electron chi connectivity index (χ0n) is 16.9. The quantitative estimate of drug-likeness (QED) is 0.700. The Balaban J connectivity index is 2.20.